The van der Waals surface area contributed by atoms with Crippen LogP contribution in [-0.2, 0) is 6.54 Å². The van der Waals surface area contributed by atoms with E-state index >= 15 is 0 Å². The van der Waals surface area contributed by atoms with Crippen molar-refractivity contribution in [3.63, 3.8) is 0 Å². The molecule has 0 atom stereocenters. The standard InChI is InChI=1S/C18H12Cl2N4O/c19-13-5-6-15(16(20)9-13)18(25)23-22-10-12-11-24(8-7-21)17-4-2-1-3-14(12)17/h1-6,9-11H,8H2,(H,23,25). The summed E-state index contributed by atoms with van der Waals surface area (Å²) >= 11 is 11.8. The van der Waals surface area contributed by atoms with Gasteiger partial charge >= 0.3 is 0 Å². The molecule has 0 fully saturated rings. The van der Waals surface area contributed by atoms with E-state index in [0.29, 0.717) is 5.02 Å². The highest BCUT2D eigenvalue weighted by molar-refractivity contribution is 6.36. The third-order valence-corrected chi connectivity index (χ3v) is 4.15. The fraction of sp³-hybridized carbons (Fsp3) is 0.0556. The Morgan fingerprint density at radius 2 is 2.08 bits per heavy atom. The first-order chi connectivity index (χ1) is 12.1. The van der Waals surface area contributed by atoms with Gasteiger partial charge in [-0.15, -0.1) is 0 Å². The number of aromatic nitrogens is 1. The molecule has 0 radical (unpaired) electrons. The average molecular weight is 371 g/mol. The molecule has 0 bridgehead atoms. The second kappa shape index (κ2) is 7.39. The van der Waals surface area contributed by atoms with Crippen molar-refractivity contribution in [3.05, 3.63) is 69.8 Å². The molecule has 0 saturated heterocycles. The van der Waals surface area contributed by atoms with Gasteiger partial charge in [0.25, 0.3) is 5.91 Å². The second-order valence-corrected chi connectivity index (χ2v) is 6.05. The van der Waals surface area contributed by atoms with Crippen molar-refractivity contribution in [2.75, 3.05) is 0 Å². The van der Waals surface area contributed by atoms with Crippen LogP contribution in [0, 0.1) is 11.3 Å². The summed E-state index contributed by atoms with van der Waals surface area (Å²) in [4.78, 5) is 12.1. The molecule has 0 saturated carbocycles. The summed E-state index contributed by atoms with van der Waals surface area (Å²) in [6.45, 7) is 0.237. The van der Waals surface area contributed by atoms with Gasteiger partial charge in [0.05, 0.1) is 22.9 Å². The maximum absolute atomic E-state index is 12.1. The fourth-order valence-corrected chi connectivity index (χ4v) is 2.97. The molecule has 5 nitrogen and oxygen atoms in total. The van der Waals surface area contributed by atoms with Crippen molar-refractivity contribution in [3.8, 4) is 6.07 Å². The summed E-state index contributed by atoms with van der Waals surface area (Å²) in [6.07, 6.45) is 3.36. The maximum atomic E-state index is 12.1. The highest BCUT2D eigenvalue weighted by Crippen LogP contribution is 2.21. The molecule has 3 aromatic rings. The van der Waals surface area contributed by atoms with Crippen LogP contribution in [0.5, 0.6) is 0 Å². The predicted octanol–water partition coefficient (Wildman–Crippen LogP) is 4.24. The first kappa shape index (κ1) is 17.0. The SMILES string of the molecule is N#CCn1cc(C=NNC(=O)c2ccc(Cl)cc2Cl)c2ccccc21. The van der Waals surface area contributed by atoms with Crippen molar-refractivity contribution in [1.29, 1.82) is 5.26 Å². The van der Waals surface area contributed by atoms with Crippen molar-refractivity contribution in [1.82, 2.24) is 9.99 Å². The normalized spacial score (nSPS) is 10.9. The molecule has 0 aliphatic heterocycles. The number of rotatable bonds is 4. The Morgan fingerprint density at radius 3 is 2.84 bits per heavy atom. The molecule has 0 aliphatic carbocycles. The number of hydrazone groups is 1. The number of benzene rings is 2. The van der Waals surface area contributed by atoms with Crippen LogP contribution < -0.4 is 5.43 Å². The Hall–Kier alpha value is -2.81. The Morgan fingerprint density at radius 1 is 1.28 bits per heavy atom. The predicted molar refractivity (Wildman–Crippen MR) is 99.1 cm³/mol. The molecule has 3 rings (SSSR count). The van der Waals surface area contributed by atoms with E-state index in [1.165, 1.54) is 18.3 Å². The largest absolute Gasteiger partial charge is 0.333 e. The number of nitrogens with one attached hydrogen (secondary N) is 1. The Labute approximate surface area is 154 Å². The Kier molecular flexibility index (Phi) is 5.03. The summed E-state index contributed by atoms with van der Waals surface area (Å²) < 4.78 is 1.83. The van der Waals surface area contributed by atoms with Crippen molar-refractivity contribution < 1.29 is 4.79 Å². The smallest absolute Gasteiger partial charge is 0.272 e. The lowest BCUT2D eigenvalue weighted by molar-refractivity contribution is 0.0955. The Bertz CT molecular complexity index is 1020. The number of fused-ring (bicyclic) bond motifs is 1. The van der Waals surface area contributed by atoms with E-state index in [1.54, 1.807) is 6.07 Å². The van der Waals surface area contributed by atoms with Gasteiger partial charge in [-0.25, -0.2) is 5.43 Å². The van der Waals surface area contributed by atoms with Crippen LogP contribution in [0.4, 0.5) is 0 Å². The molecule has 0 spiro atoms. The first-order valence-electron chi connectivity index (χ1n) is 7.33. The van der Waals surface area contributed by atoms with Crippen LogP contribution in [0.15, 0.2) is 53.8 Å². The first-order valence-corrected chi connectivity index (χ1v) is 8.09. The molecule has 124 valence electrons. The zero-order valence-corrected chi connectivity index (χ0v) is 14.4. The molecule has 0 aliphatic rings. The van der Waals surface area contributed by atoms with Gasteiger partial charge in [-0.2, -0.15) is 10.4 Å². The summed E-state index contributed by atoms with van der Waals surface area (Å²) in [5.41, 5.74) is 4.46. The number of hydrogen-bond donors (Lipinski definition) is 1. The third-order valence-electron chi connectivity index (χ3n) is 3.61. The molecule has 25 heavy (non-hydrogen) atoms. The molecule has 7 heteroatoms. The lowest BCUT2D eigenvalue weighted by Crippen LogP contribution is -2.18. The fourth-order valence-electron chi connectivity index (χ4n) is 2.48. The minimum atomic E-state index is -0.432. The highest BCUT2D eigenvalue weighted by Gasteiger charge is 2.10. The molecule has 1 heterocycles. The molecular weight excluding hydrogens is 359 g/mol. The quantitative estimate of drug-likeness (QED) is 0.551. The number of para-hydroxylation sites is 1. The molecule has 1 amide bonds. The van der Waals surface area contributed by atoms with Gasteiger partial charge in [0, 0.05) is 27.7 Å². The van der Waals surface area contributed by atoms with E-state index in [2.05, 4.69) is 16.6 Å². The Balaban J connectivity index is 1.82. The van der Waals surface area contributed by atoms with Gasteiger partial charge in [-0.3, -0.25) is 4.79 Å². The van der Waals surface area contributed by atoms with E-state index in [0.717, 1.165) is 16.5 Å². The average Bonchev–Trinajstić information content (AvgIpc) is 2.93. The molecular formula is C18H12Cl2N4O. The van der Waals surface area contributed by atoms with E-state index in [1.807, 2.05) is 35.0 Å². The number of carbonyl (C=O) groups is 1. The lowest BCUT2D eigenvalue weighted by atomic mass is 10.2. The van der Waals surface area contributed by atoms with Crippen LogP contribution in [0.3, 0.4) is 0 Å². The van der Waals surface area contributed by atoms with Crippen molar-refractivity contribution >= 4 is 46.2 Å². The van der Waals surface area contributed by atoms with Gasteiger partial charge in [0.15, 0.2) is 0 Å². The monoisotopic (exact) mass is 370 g/mol. The zero-order valence-electron chi connectivity index (χ0n) is 12.9. The van der Waals surface area contributed by atoms with Crippen molar-refractivity contribution in [2.45, 2.75) is 6.54 Å². The molecule has 0 unspecified atom stereocenters. The number of hydrogen-bond acceptors (Lipinski definition) is 3. The summed E-state index contributed by atoms with van der Waals surface area (Å²) in [6, 6.07) is 14.4. The second-order valence-electron chi connectivity index (χ2n) is 5.21. The van der Waals surface area contributed by atoms with Crippen LogP contribution in [0.1, 0.15) is 15.9 Å². The zero-order chi connectivity index (χ0) is 17.8. The van der Waals surface area contributed by atoms with Crippen LogP contribution >= 0.6 is 23.2 Å². The van der Waals surface area contributed by atoms with Gasteiger partial charge in [-0.05, 0) is 24.3 Å². The van der Waals surface area contributed by atoms with Gasteiger partial charge in [0.1, 0.15) is 6.54 Å². The topological polar surface area (TPSA) is 70.2 Å². The maximum Gasteiger partial charge on any atom is 0.272 e. The van der Waals surface area contributed by atoms with E-state index in [9.17, 15) is 4.79 Å². The highest BCUT2D eigenvalue weighted by atomic mass is 35.5. The van der Waals surface area contributed by atoms with Crippen LogP contribution in [0.25, 0.3) is 10.9 Å². The van der Waals surface area contributed by atoms with E-state index in [-0.39, 0.29) is 17.1 Å². The van der Waals surface area contributed by atoms with Crippen LogP contribution in [0.2, 0.25) is 10.0 Å². The minimum absolute atomic E-state index is 0.237. The number of halogens is 2. The van der Waals surface area contributed by atoms with Crippen LogP contribution in [-0.4, -0.2) is 16.7 Å². The lowest BCUT2D eigenvalue weighted by Gasteiger charge is -2.02. The summed E-state index contributed by atoms with van der Waals surface area (Å²) in [5, 5.41) is 14.6. The van der Waals surface area contributed by atoms with Gasteiger partial charge in [-0.1, -0.05) is 41.4 Å². The summed E-state index contributed by atoms with van der Waals surface area (Å²) in [5.74, 6) is -0.432. The third kappa shape index (κ3) is 3.66. The number of amides is 1. The molecule has 1 aromatic heterocycles. The number of nitriles is 1. The van der Waals surface area contributed by atoms with E-state index < -0.39 is 5.91 Å². The minimum Gasteiger partial charge on any atom is -0.333 e. The molecule has 1 N–H and O–H groups in total. The van der Waals surface area contributed by atoms with E-state index in [4.69, 9.17) is 28.5 Å². The van der Waals surface area contributed by atoms with Crippen molar-refractivity contribution in [2.24, 2.45) is 5.10 Å². The number of carbonyl (C=O) groups excluding carboxylic acids is 1. The molecule has 2 aromatic carbocycles. The summed E-state index contributed by atoms with van der Waals surface area (Å²) in [7, 11) is 0. The van der Waals surface area contributed by atoms with Gasteiger partial charge < -0.3 is 4.57 Å². The number of nitrogens with zero attached hydrogens (tertiary/aromatic N) is 3. The van der Waals surface area contributed by atoms with Gasteiger partial charge in [0.2, 0.25) is 0 Å².